The summed E-state index contributed by atoms with van der Waals surface area (Å²) in [4.78, 5) is 16.9. The first-order valence-electron chi connectivity index (χ1n) is 6.31. The normalized spacial score (nSPS) is 10.5. The van der Waals surface area contributed by atoms with Crippen molar-refractivity contribution in [2.75, 3.05) is 5.32 Å². The highest BCUT2D eigenvalue weighted by atomic mass is 79.9. The molecule has 0 radical (unpaired) electrons. The van der Waals surface area contributed by atoms with Crippen LogP contribution in [0.5, 0.6) is 0 Å². The van der Waals surface area contributed by atoms with Crippen LogP contribution >= 0.6 is 27.3 Å². The minimum Gasteiger partial charge on any atom is -0.333 e. The molecule has 0 aliphatic heterocycles. The largest absolute Gasteiger partial charge is 0.333 e. The van der Waals surface area contributed by atoms with Crippen LogP contribution < -0.4 is 5.32 Å². The number of amides is 1. The van der Waals surface area contributed by atoms with Crippen molar-refractivity contribution in [3.05, 3.63) is 69.3 Å². The second-order valence-corrected chi connectivity index (χ2v) is 6.26. The van der Waals surface area contributed by atoms with Crippen molar-refractivity contribution in [2.24, 2.45) is 0 Å². The number of rotatable bonds is 4. The molecule has 0 bridgehead atoms. The Morgan fingerprint density at radius 2 is 2.29 bits per heavy atom. The van der Waals surface area contributed by atoms with Crippen LogP contribution in [0.25, 0.3) is 0 Å². The second-order valence-electron chi connectivity index (χ2n) is 4.49. The summed E-state index contributed by atoms with van der Waals surface area (Å²) in [5, 5.41) is 4.81. The third kappa shape index (κ3) is 3.40. The SMILES string of the molecule is O=C(Nc1cccc(Cn2ccnc2)c1)c1sccc1Br. The van der Waals surface area contributed by atoms with Crippen molar-refractivity contribution < 1.29 is 4.79 Å². The first-order chi connectivity index (χ1) is 10.2. The molecule has 21 heavy (non-hydrogen) atoms. The highest BCUT2D eigenvalue weighted by Gasteiger charge is 2.11. The molecule has 0 saturated carbocycles. The Labute approximate surface area is 134 Å². The van der Waals surface area contributed by atoms with Gasteiger partial charge in [0.15, 0.2) is 0 Å². The number of nitrogens with one attached hydrogen (secondary N) is 1. The lowest BCUT2D eigenvalue weighted by Gasteiger charge is -2.07. The minimum atomic E-state index is -0.100. The third-order valence-corrected chi connectivity index (χ3v) is 4.77. The molecule has 106 valence electrons. The van der Waals surface area contributed by atoms with Gasteiger partial charge in [0.2, 0.25) is 0 Å². The Morgan fingerprint density at radius 1 is 1.38 bits per heavy atom. The Hall–Kier alpha value is -1.92. The fraction of sp³-hybridized carbons (Fsp3) is 0.0667. The first-order valence-corrected chi connectivity index (χ1v) is 7.98. The van der Waals surface area contributed by atoms with E-state index in [9.17, 15) is 4.79 Å². The number of imidazole rings is 1. The van der Waals surface area contributed by atoms with Gasteiger partial charge in [-0.15, -0.1) is 11.3 Å². The van der Waals surface area contributed by atoms with Gasteiger partial charge in [-0.25, -0.2) is 4.98 Å². The van der Waals surface area contributed by atoms with E-state index in [1.807, 2.05) is 46.5 Å². The minimum absolute atomic E-state index is 0.100. The zero-order chi connectivity index (χ0) is 14.7. The smallest absolute Gasteiger partial charge is 0.266 e. The van der Waals surface area contributed by atoms with Gasteiger partial charge >= 0.3 is 0 Å². The zero-order valence-corrected chi connectivity index (χ0v) is 13.4. The van der Waals surface area contributed by atoms with E-state index < -0.39 is 0 Å². The number of anilines is 1. The maximum atomic E-state index is 12.2. The standard InChI is InChI=1S/C15H12BrN3OS/c16-13-4-7-21-14(13)15(20)18-12-3-1-2-11(8-12)9-19-6-5-17-10-19/h1-8,10H,9H2,(H,18,20). The average Bonchev–Trinajstić information content (AvgIpc) is 3.10. The summed E-state index contributed by atoms with van der Waals surface area (Å²) in [6.07, 6.45) is 5.43. The molecule has 0 saturated heterocycles. The van der Waals surface area contributed by atoms with Crippen LogP contribution in [0.1, 0.15) is 15.2 Å². The fourth-order valence-corrected chi connectivity index (χ4v) is 3.43. The second kappa shape index (κ2) is 6.24. The van der Waals surface area contributed by atoms with Gasteiger partial charge in [0, 0.05) is 29.1 Å². The molecule has 2 aromatic heterocycles. The fourth-order valence-electron chi connectivity index (χ4n) is 1.98. The summed E-state index contributed by atoms with van der Waals surface area (Å²) in [5.41, 5.74) is 1.90. The molecule has 0 spiro atoms. The Morgan fingerprint density at radius 3 is 3.00 bits per heavy atom. The van der Waals surface area contributed by atoms with Crippen LogP contribution in [0, 0.1) is 0 Å². The van der Waals surface area contributed by atoms with Gasteiger partial charge in [-0.3, -0.25) is 4.79 Å². The number of thiophene rings is 1. The lowest BCUT2D eigenvalue weighted by molar-refractivity contribution is 0.103. The van der Waals surface area contributed by atoms with E-state index in [2.05, 4.69) is 26.2 Å². The summed E-state index contributed by atoms with van der Waals surface area (Å²) < 4.78 is 2.80. The maximum Gasteiger partial charge on any atom is 0.266 e. The van der Waals surface area contributed by atoms with Crippen LogP contribution in [-0.2, 0) is 6.54 Å². The summed E-state index contributed by atoms with van der Waals surface area (Å²) in [6.45, 7) is 0.729. The van der Waals surface area contributed by atoms with E-state index in [4.69, 9.17) is 0 Å². The maximum absolute atomic E-state index is 12.2. The number of carbonyl (C=O) groups is 1. The lowest BCUT2D eigenvalue weighted by atomic mass is 10.2. The summed E-state index contributed by atoms with van der Waals surface area (Å²) in [7, 11) is 0. The summed E-state index contributed by atoms with van der Waals surface area (Å²) >= 11 is 4.79. The number of benzene rings is 1. The Bertz CT molecular complexity index is 752. The van der Waals surface area contributed by atoms with Crippen LogP contribution in [-0.4, -0.2) is 15.5 Å². The molecule has 1 aromatic carbocycles. The molecule has 0 aliphatic rings. The molecule has 1 amide bonds. The number of aromatic nitrogens is 2. The van der Waals surface area contributed by atoms with Gasteiger partial charge in [-0.2, -0.15) is 0 Å². The molecule has 6 heteroatoms. The van der Waals surface area contributed by atoms with Crippen LogP contribution in [0.2, 0.25) is 0 Å². The number of carbonyl (C=O) groups excluding carboxylic acids is 1. The van der Waals surface area contributed by atoms with Crippen LogP contribution in [0.15, 0.2) is 58.9 Å². The van der Waals surface area contributed by atoms with Crippen molar-refractivity contribution in [3.63, 3.8) is 0 Å². The van der Waals surface area contributed by atoms with E-state index in [-0.39, 0.29) is 5.91 Å². The van der Waals surface area contributed by atoms with E-state index in [1.54, 1.807) is 12.5 Å². The van der Waals surface area contributed by atoms with E-state index >= 15 is 0 Å². The number of halogens is 1. The molecular weight excluding hydrogens is 350 g/mol. The molecule has 0 atom stereocenters. The lowest BCUT2D eigenvalue weighted by Crippen LogP contribution is -2.11. The van der Waals surface area contributed by atoms with Crippen molar-refractivity contribution in [3.8, 4) is 0 Å². The van der Waals surface area contributed by atoms with Crippen LogP contribution in [0.3, 0.4) is 0 Å². The van der Waals surface area contributed by atoms with E-state index in [0.29, 0.717) is 4.88 Å². The van der Waals surface area contributed by atoms with E-state index in [1.165, 1.54) is 11.3 Å². The Balaban J connectivity index is 1.74. The van der Waals surface area contributed by atoms with E-state index in [0.717, 1.165) is 22.3 Å². The zero-order valence-electron chi connectivity index (χ0n) is 11.0. The van der Waals surface area contributed by atoms with Crippen molar-refractivity contribution in [1.29, 1.82) is 0 Å². The molecule has 3 aromatic rings. The molecule has 2 heterocycles. The predicted molar refractivity (Wildman–Crippen MR) is 87.7 cm³/mol. The number of hydrogen-bond donors (Lipinski definition) is 1. The highest BCUT2D eigenvalue weighted by molar-refractivity contribution is 9.10. The van der Waals surface area contributed by atoms with Gasteiger partial charge in [-0.1, -0.05) is 12.1 Å². The number of hydrogen-bond acceptors (Lipinski definition) is 3. The van der Waals surface area contributed by atoms with Crippen molar-refractivity contribution in [2.45, 2.75) is 6.54 Å². The molecular formula is C15H12BrN3OS. The molecule has 0 aliphatic carbocycles. The van der Waals surface area contributed by atoms with Gasteiger partial charge in [0.05, 0.1) is 6.33 Å². The quantitative estimate of drug-likeness (QED) is 0.762. The van der Waals surface area contributed by atoms with Crippen LogP contribution in [0.4, 0.5) is 5.69 Å². The average molecular weight is 362 g/mol. The molecule has 0 unspecified atom stereocenters. The number of nitrogens with zero attached hydrogens (tertiary/aromatic N) is 2. The molecule has 3 rings (SSSR count). The van der Waals surface area contributed by atoms with Gasteiger partial charge in [0.1, 0.15) is 4.88 Å². The predicted octanol–water partition coefficient (Wildman–Crippen LogP) is 4.01. The molecule has 4 nitrogen and oxygen atoms in total. The monoisotopic (exact) mass is 361 g/mol. The molecule has 1 N–H and O–H groups in total. The summed E-state index contributed by atoms with van der Waals surface area (Å²) in [5.74, 6) is -0.100. The van der Waals surface area contributed by atoms with Crippen molar-refractivity contribution >= 4 is 38.9 Å². The topological polar surface area (TPSA) is 46.9 Å². The summed E-state index contributed by atoms with van der Waals surface area (Å²) in [6, 6.07) is 9.69. The van der Waals surface area contributed by atoms with Gasteiger partial charge < -0.3 is 9.88 Å². The van der Waals surface area contributed by atoms with Gasteiger partial charge in [0.25, 0.3) is 5.91 Å². The third-order valence-electron chi connectivity index (χ3n) is 2.93. The molecule has 0 fully saturated rings. The van der Waals surface area contributed by atoms with Crippen molar-refractivity contribution in [1.82, 2.24) is 9.55 Å². The first kappa shape index (κ1) is 14.0. The highest BCUT2D eigenvalue weighted by Crippen LogP contribution is 2.24. The van der Waals surface area contributed by atoms with Gasteiger partial charge in [-0.05, 0) is 45.1 Å². The Kier molecular flexibility index (Phi) is 4.17.